The van der Waals surface area contributed by atoms with Crippen LogP contribution in [0.1, 0.15) is 53.0 Å². The van der Waals surface area contributed by atoms with Crippen molar-refractivity contribution in [1.29, 1.82) is 0 Å². The van der Waals surface area contributed by atoms with Crippen molar-refractivity contribution < 1.29 is 5.79 Å². The molecule has 174 valence electrons. The molecule has 35 heavy (non-hydrogen) atoms. The van der Waals surface area contributed by atoms with Crippen LogP contribution in [0.15, 0.2) is 83.5 Å². The maximum absolute atomic E-state index is 8.45. The molecule has 3 heterocycles. The van der Waals surface area contributed by atoms with Crippen LogP contribution in [0.3, 0.4) is 0 Å². The fraction of sp³-hybridized carbons (Fsp3) is 0.226. The average Bonchev–Trinajstić information content (AvgIpc) is 3.41. The summed E-state index contributed by atoms with van der Waals surface area (Å²) in [5.74, 6) is 0.119. The summed E-state index contributed by atoms with van der Waals surface area (Å²) >= 11 is 0. The third-order valence-electron chi connectivity index (χ3n) is 6.70. The van der Waals surface area contributed by atoms with Crippen LogP contribution in [0.5, 0.6) is 0 Å². The fourth-order valence-electron chi connectivity index (χ4n) is 4.87. The van der Waals surface area contributed by atoms with E-state index in [2.05, 4.69) is 78.9 Å². The molecule has 0 saturated heterocycles. The van der Waals surface area contributed by atoms with E-state index < -0.39 is 5.89 Å². The van der Waals surface area contributed by atoms with E-state index in [9.17, 15) is 0 Å². The Bertz CT molecular complexity index is 1750. The minimum absolute atomic E-state index is 0.110. The van der Waals surface area contributed by atoms with Gasteiger partial charge in [-0.25, -0.2) is 4.98 Å². The van der Waals surface area contributed by atoms with Gasteiger partial charge in [0.15, 0.2) is 0 Å². The van der Waals surface area contributed by atoms with Gasteiger partial charge in [0, 0.05) is 29.6 Å². The van der Waals surface area contributed by atoms with Gasteiger partial charge in [-0.2, -0.15) is 0 Å². The van der Waals surface area contributed by atoms with Crippen LogP contribution in [0.4, 0.5) is 0 Å². The van der Waals surface area contributed by atoms with Crippen LogP contribution in [0.25, 0.3) is 50.0 Å². The lowest BCUT2D eigenvalue weighted by atomic mass is 9.87. The first-order valence-electron chi connectivity index (χ1n) is 12.5. The molecule has 3 aromatic carbocycles. The van der Waals surface area contributed by atoms with Gasteiger partial charge in [-0.3, -0.25) is 9.55 Å². The number of pyridine rings is 1. The number of hydrogen-bond acceptors (Lipinski definition) is 3. The zero-order valence-electron chi connectivity index (χ0n) is 21.8. The molecule has 0 saturated carbocycles. The van der Waals surface area contributed by atoms with E-state index in [0.29, 0.717) is 0 Å². The number of nitrogens with zero attached hydrogens (tertiary/aromatic N) is 3. The molecular weight excluding hydrogens is 430 g/mol. The van der Waals surface area contributed by atoms with Crippen molar-refractivity contribution in [3.63, 3.8) is 0 Å². The van der Waals surface area contributed by atoms with Crippen molar-refractivity contribution >= 4 is 33.0 Å². The Labute approximate surface area is 206 Å². The van der Waals surface area contributed by atoms with Gasteiger partial charge in [0.25, 0.3) is 0 Å². The second kappa shape index (κ2) is 7.81. The molecule has 0 unspecified atom stereocenters. The highest BCUT2D eigenvalue weighted by Crippen LogP contribution is 2.40. The fourth-order valence-corrected chi connectivity index (χ4v) is 4.87. The molecule has 0 N–H and O–H groups in total. The normalized spacial score (nSPS) is 13.1. The van der Waals surface area contributed by atoms with Crippen molar-refractivity contribution in [3.05, 3.63) is 90.3 Å². The number of rotatable bonds is 3. The number of furan rings is 1. The van der Waals surface area contributed by atoms with E-state index in [-0.39, 0.29) is 5.41 Å². The third kappa shape index (κ3) is 3.44. The molecular formula is C31H29N3O. The van der Waals surface area contributed by atoms with Crippen molar-refractivity contribution in [3.8, 4) is 17.1 Å². The molecule has 6 rings (SSSR count). The second-order valence-corrected chi connectivity index (χ2v) is 10.4. The molecule has 0 spiro atoms. The topological polar surface area (TPSA) is 43.9 Å². The molecule has 0 fully saturated rings. The highest BCUT2D eigenvalue weighted by Gasteiger charge is 2.25. The molecule has 0 aliphatic heterocycles. The first kappa shape index (κ1) is 20.5. The Kier molecular flexibility index (Phi) is 4.56. The molecule has 0 atom stereocenters. The summed E-state index contributed by atoms with van der Waals surface area (Å²) in [6, 6.07) is 22.7. The van der Waals surface area contributed by atoms with E-state index in [1.54, 1.807) is 0 Å². The SMILES string of the molecule is [2H]C(C)(C)c1ccc2c(c1)oc1c(-c3nc4cncc(C(C)(C)C)c4n3-c3ccccc3)cccc12. The number of hydrogen-bond donors (Lipinski definition) is 0. The van der Waals surface area contributed by atoms with Gasteiger partial charge in [-0.15, -0.1) is 0 Å². The van der Waals surface area contributed by atoms with Crippen molar-refractivity contribution in [2.75, 3.05) is 0 Å². The summed E-state index contributed by atoms with van der Waals surface area (Å²) < 4.78 is 17.2. The van der Waals surface area contributed by atoms with Crippen LogP contribution in [-0.2, 0) is 5.41 Å². The largest absolute Gasteiger partial charge is 0.455 e. The van der Waals surface area contributed by atoms with Gasteiger partial charge in [-0.1, -0.05) is 77.1 Å². The van der Waals surface area contributed by atoms with E-state index in [0.717, 1.165) is 61.2 Å². The monoisotopic (exact) mass is 460 g/mol. The first-order chi connectivity index (χ1) is 17.1. The van der Waals surface area contributed by atoms with Crippen molar-refractivity contribution in [1.82, 2.24) is 14.5 Å². The maximum Gasteiger partial charge on any atom is 0.149 e. The number of fused-ring (bicyclic) bond motifs is 4. The van der Waals surface area contributed by atoms with E-state index >= 15 is 0 Å². The number of benzene rings is 3. The molecule has 3 aromatic heterocycles. The molecule has 4 heteroatoms. The number of para-hydroxylation sites is 2. The predicted octanol–water partition coefficient (Wildman–Crippen LogP) is 8.41. The lowest BCUT2D eigenvalue weighted by molar-refractivity contribution is 0.591. The standard InChI is InChI=1S/C31H29N3O/c1-19(2)20-14-15-22-23-12-9-13-24(29(23)35-27(22)16-20)30-33-26-18-32-17-25(31(3,4)5)28(26)34(30)21-10-7-6-8-11-21/h6-19H,1-5H3/i19D. The summed E-state index contributed by atoms with van der Waals surface area (Å²) in [6.07, 6.45) is 3.80. The Morgan fingerprint density at radius 3 is 2.46 bits per heavy atom. The van der Waals surface area contributed by atoms with Crippen molar-refractivity contribution in [2.24, 2.45) is 0 Å². The summed E-state index contributed by atoms with van der Waals surface area (Å²) in [7, 11) is 0. The molecule has 0 amide bonds. The first-order valence-corrected chi connectivity index (χ1v) is 12.0. The third-order valence-corrected chi connectivity index (χ3v) is 6.70. The lowest BCUT2D eigenvalue weighted by Crippen LogP contribution is -2.14. The Morgan fingerprint density at radius 1 is 0.914 bits per heavy atom. The second-order valence-electron chi connectivity index (χ2n) is 10.4. The molecule has 4 nitrogen and oxygen atoms in total. The van der Waals surface area contributed by atoms with Gasteiger partial charge >= 0.3 is 0 Å². The molecule has 0 aliphatic carbocycles. The van der Waals surface area contributed by atoms with Crippen LogP contribution in [-0.4, -0.2) is 14.5 Å². The lowest BCUT2D eigenvalue weighted by Gasteiger charge is -2.21. The Morgan fingerprint density at radius 2 is 1.71 bits per heavy atom. The smallest absolute Gasteiger partial charge is 0.149 e. The van der Waals surface area contributed by atoms with Crippen molar-refractivity contribution in [2.45, 2.75) is 45.9 Å². The zero-order chi connectivity index (χ0) is 25.2. The summed E-state index contributed by atoms with van der Waals surface area (Å²) in [4.78, 5) is 9.65. The van der Waals surface area contributed by atoms with Crippen LogP contribution in [0, 0.1) is 0 Å². The molecule has 0 bridgehead atoms. The zero-order valence-corrected chi connectivity index (χ0v) is 20.8. The van der Waals surface area contributed by atoms with E-state index in [1.807, 2.05) is 44.4 Å². The highest BCUT2D eigenvalue weighted by atomic mass is 16.3. The Hall–Kier alpha value is -3.92. The number of imidazole rings is 1. The molecule has 6 aromatic rings. The average molecular weight is 461 g/mol. The van der Waals surface area contributed by atoms with Gasteiger partial charge in [0.05, 0.1) is 17.3 Å². The van der Waals surface area contributed by atoms with Gasteiger partial charge in [0.2, 0.25) is 0 Å². The molecule has 0 radical (unpaired) electrons. The molecule has 0 aliphatic rings. The summed E-state index contributed by atoms with van der Waals surface area (Å²) in [5, 5.41) is 2.08. The highest BCUT2D eigenvalue weighted by molar-refractivity contribution is 6.09. The Balaban J connectivity index is 1.71. The number of aromatic nitrogens is 3. The van der Waals surface area contributed by atoms with Gasteiger partial charge in [-0.05, 0) is 41.1 Å². The quantitative estimate of drug-likeness (QED) is 0.266. The maximum atomic E-state index is 8.45. The van der Waals surface area contributed by atoms with Crippen LogP contribution in [0.2, 0.25) is 0 Å². The van der Waals surface area contributed by atoms with E-state index in [1.165, 1.54) is 0 Å². The summed E-state index contributed by atoms with van der Waals surface area (Å²) in [5.41, 5.74) is 7.42. The minimum Gasteiger partial charge on any atom is -0.455 e. The van der Waals surface area contributed by atoms with E-state index in [4.69, 9.17) is 10.8 Å². The van der Waals surface area contributed by atoms with Gasteiger partial charge in [0.1, 0.15) is 22.5 Å². The summed E-state index contributed by atoms with van der Waals surface area (Å²) in [6.45, 7) is 10.4. The van der Waals surface area contributed by atoms with Crippen LogP contribution < -0.4 is 0 Å². The predicted molar refractivity (Wildman–Crippen MR) is 144 cm³/mol. The minimum atomic E-state index is -0.701. The van der Waals surface area contributed by atoms with Gasteiger partial charge < -0.3 is 4.42 Å². The van der Waals surface area contributed by atoms with Crippen LogP contribution >= 0.6 is 0 Å².